The van der Waals surface area contributed by atoms with E-state index in [2.05, 4.69) is 27.5 Å². The monoisotopic (exact) mass is 430 g/mol. The number of nitrogen functional groups attached to an aromatic ring is 1. The van der Waals surface area contributed by atoms with E-state index in [1.54, 1.807) is 23.5 Å². The van der Waals surface area contributed by atoms with Gasteiger partial charge in [-0.2, -0.15) is 4.98 Å². The van der Waals surface area contributed by atoms with Gasteiger partial charge in [-0.3, -0.25) is 0 Å². The number of hydrogen-bond acceptors (Lipinski definition) is 6. The second kappa shape index (κ2) is 8.16. The highest BCUT2D eigenvalue weighted by Gasteiger charge is 2.19. The molecule has 0 unspecified atom stereocenters. The number of anilines is 2. The highest BCUT2D eigenvalue weighted by atomic mass is 32.1. The van der Waals surface area contributed by atoms with E-state index in [4.69, 9.17) is 10.7 Å². The third kappa shape index (κ3) is 3.85. The first-order valence-corrected chi connectivity index (χ1v) is 10.7. The van der Waals surface area contributed by atoms with Crippen LogP contribution < -0.4 is 11.1 Å². The van der Waals surface area contributed by atoms with E-state index in [0.29, 0.717) is 40.7 Å². The molecule has 3 aromatic heterocycles. The van der Waals surface area contributed by atoms with E-state index in [0.717, 1.165) is 11.3 Å². The van der Waals surface area contributed by atoms with Crippen LogP contribution in [0, 0.1) is 5.82 Å². The van der Waals surface area contributed by atoms with E-state index in [1.807, 2.05) is 35.7 Å². The summed E-state index contributed by atoms with van der Waals surface area (Å²) >= 11 is 1.57. The molecule has 0 spiro atoms. The zero-order chi connectivity index (χ0) is 21.2. The van der Waals surface area contributed by atoms with Gasteiger partial charge in [0.05, 0.1) is 21.6 Å². The molecule has 0 saturated heterocycles. The SMILES string of the molecule is Nc1c2c(-c3cccs3)nc(NCCc3ccccc3)nc2nn1-c1cccc(F)c1. The van der Waals surface area contributed by atoms with Crippen molar-refractivity contribution in [3.8, 4) is 16.3 Å². The van der Waals surface area contributed by atoms with Crippen molar-refractivity contribution in [3.63, 3.8) is 0 Å². The molecule has 8 heteroatoms. The lowest BCUT2D eigenvalue weighted by Crippen LogP contribution is -2.08. The Balaban J connectivity index is 1.55. The average Bonchev–Trinajstić information content (AvgIpc) is 3.43. The summed E-state index contributed by atoms with van der Waals surface area (Å²) in [4.78, 5) is 10.3. The first-order valence-electron chi connectivity index (χ1n) is 9.83. The summed E-state index contributed by atoms with van der Waals surface area (Å²) in [7, 11) is 0. The van der Waals surface area contributed by atoms with Crippen LogP contribution in [0.1, 0.15) is 5.56 Å². The molecular formula is C23H19FN6S. The lowest BCUT2D eigenvalue weighted by atomic mass is 10.1. The number of aromatic nitrogens is 4. The van der Waals surface area contributed by atoms with Gasteiger partial charge >= 0.3 is 0 Å². The molecule has 0 amide bonds. The summed E-state index contributed by atoms with van der Waals surface area (Å²) in [5, 5.41) is 10.5. The van der Waals surface area contributed by atoms with Gasteiger partial charge in [-0.1, -0.05) is 42.5 Å². The third-order valence-electron chi connectivity index (χ3n) is 4.92. The van der Waals surface area contributed by atoms with Crippen molar-refractivity contribution >= 4 is 34.1 Å². The topological polar surface area (TPSA) is 81.7 Å². The molecule has 0 fully saturated rings. The van der Waals surface area contributed by atoms with Gasteiger partial charge in [0.1, 0.15) is 11.6 Å². The summed E-state index contributed by atoms with van der Waals surface area (Å²) < 4.78 is 15.3. The van der Waals surface area contributed by atoms with Crippen LogP contribution in [-0.2, 0) is 6.42 Å². The lowest BCUT2D eigenvalue weighted by molar-refractivity contribution is 0.625. The maximum atomic E-state index is 13.8. The molecule has 0 aliphatic rings. The Bertz CT molecular complexity index is 1330. The molecule has 0 atom stereocenters. The molecule has 5 rings (SSSR count). The van der Waals surface area contributed by atoms with Crippen LogP contribution in [0.4, 0.5) is 16.2 Å². The van der Waals surface area contributed by atoms with Gasteiger partial charge < -0.3 is 11.1 Å². The number of nitrogens with zero attached hydrogens (tertiary/aromatic N) is 4. The first-order chi connectivity index (χ1) is 15.2. The summed E-state index contributed by atoms with van der Waals surface area (Å²) in [5.74, 6) is 0.500. The van der Waals surface area contributed by atoms with Crippen LogP contribution >= 0.6 is 11.3 Å². The van der Waals surface area contributed by atoms with Gasteiger partial charge in [0.2, 0.25) is 5.95 Å². The molecule has 0 aliphatic heterocycles. The highest BCUT2D eigenvalue weighted by molar-refractivity contribution is 7.13. The Hall–Kier alpha value is -3.78. The van der Waals surface area contributed by atoms with Gasteiger partial charge in [-0.05, 0) is 41.6 Å². The minimum atomic E-state index is -0.357. The Labute approximate surface area is 182 Å². The molecule has 31 heavy (non-hydrogen) atoms. The third-order valence-corrected chi connectivity index (χ3v) is 5.79. The zero-order valence-corrected chi connectivity index (χ0v) is 17.3. The molecule has 0 saturated carbocycles. The fourth-order valence-electron chi connectivity index (χ4n) is 3.45. The van der Waals surface area contributed by atoms with Crippen LogP contribution in [0.15, 0.2) is 72.1 Å². The Kier molecular flexibility index (Phi) is 5.05. The molecule has 6 nitrogen and oxygen atoms in total. The smallest absolute Gasteiger partial charge is 0.225 e. The van der Waals surface area contributed by atoms with E-state index < -0.39 is 0 Å². The number of halogens is 1. The number of hydrogen-bond donors (Lipinski definition) is 2. The maximum absolute atomic E-state index is 13.8. The summed E-state index contributed by atoms with van der Waals surface area (Å²) in [6, 6.07) is 20.3. The van der Waals surface area contributed by atoms with E-state index >= 15 is 0 Å². The van der Waals surface area contributed by atoms with Crippen molar-refractivity contribution in [3.05, 3.63) is 83.5 Å². The Morgan fingerprint density at radius 3 is 2.65 bits per heavy atom. The fraction of sp³-hybridized carbons (Fsp3) is 0.0870. The Morgan fingerprint density at radius 1 is 1.00 bits per heavy atom. The van der Waals surface area contributed by atoms with Crippen LogP contribution in [0.25, 0.3) is 27.3 Å². The van der Waals surface area contributed by atoms with E-state index in [-0.39, 0.29) is 5.82 Å². The fourth-order valence-corrected chi connectivity index (χ4v) is 4.17. The van der Waals surface area contributed by atoms with Gasteiger partial charge in [-0.15, -0.1) is 16.4 Å². The van der Waals surface area contributed by atoms with Crippen LogP contribution in [0.3, 0.4) is 0 Å². The van der Waals surface area contributed by atoms with Crippen LogP contribution in [0.5, 0.6) is 0 Å². The maximum Gasteiger partial charge on any atom is 0.225 e. The molecule has 0 aliphatic carbocycles. The quantitative estimate of drug-likeness (QED) is 0.400. The molecule has 3 heterocycles. The highest BCUT2D eigenvalue weighted by Crippen LogP contribution is 2.34. The molecule has 2 aromatic carbocycles. The second-order valence-corrected chi connectivity index (χ2v) is 7.96. The van der Waals surface area contributed by atoms with Crippen molar-refractivity contribution < 1.29 is 4.39 Å². The van der Waals surface area contributed by atoms with E-state index in [9.17, 15) is 4.39 Å². The standard InChI is InChI=1S/C23H19FN6S/c24-16-8-4-9-17(14-16)30-21(25)19-20(18-10-5-13-31-18)27-23(28-22(19)29-30)26-12-11-15-6-2-1-3-7-15/h1-10,13-14H,11-12,25H2,(H,26,28,29). The van der Waals surface area contributed by atoms with Gasteiger partial charge in [0.25, 0.3) is 0 Å². The summed E-state index contributed by atoms with van der Waals surface area (Å²) in [5.41, 5.74) is 9.37. The van der Waals surface area contributed by atoms with Gasteiger partial charge in [0, 0.05) is 6.54 Å². The molecular weight excluding hydrogens is 411 g/mol. The first kappa shape index (κ1) is 19.2. The van der Waals surface area contributed by atoms with E-state index in [1.165, 1.54) is 22.4 Å². The van der Waals surface area contributed by atoms with Crippen molar-refractivity contribution in [1.29, 1.82) is 0 Å². The van der Waals surface area contributed by atoms with Crippen molar-refractivity contribution in [2.75, 3.05) is 17.6 Å². The number of benzene rings is 2. The molecule has 0 radical (unpaired) electrons. The number of nitrogens with two attached hydrogens (primary N) is 1. The van der Waals surface area contributed by atoms with Gasteiger partial charge in [-0.25, -0.2) is 14.1 Å². The normalized spacial score (nSPS) is 11.1. The van der Waals surface area contributed by atoms with Crippen molar-refractivity contribution in [1.82, 2.24) is 19.7 Å². The number of nitrogens with one attached hydrogen (secondary N) is 1. The van der Waals surface area contributed by atoms with Crippen molar-refractivity contribution in [2.24, 2.45) is 0 Å². The predicted molar refractivity (Wildman–Crippen MR) is 123 cm³/mol. The lowest BCUT2D eigenvalue weighted by Gasteiger charge is -2.07. The average molecular weight is 431 g/mol. The minimum absolute atomic E-state index is 0.357. The van der Waals surface area contributed by atoms with Crippen LogP contribution in [-0.4, -0.2) is 26.3 Å². The Morgan fingerprint density at radius 2 is 1.87 bits per heavy atom. The van der Waals surface area contributed by atoms with Crippen LogP contribution in [0.2, 0.25) is 0 Å². The van der Waals surface area contributed by atoms with Gasteiger partial charge in [0.15, 0.2) is 5.65 Å². The largest absolute Gasteiger partial charge is 0.383 e. The molecule has 3 N–H and O–H groups in total. The predicted octanol–water partition coefficient (Wildman–Crippen LogP) is 4.92. The second-order valence-electron chi connectivity index (χ2n) is 7.01. The molecule has 154 valence electrons. The summed E-state index contributed by atoms with van der Waals surface area (Å²) in [6.45, 7) is 0.680. The molecule has 0 bridgehead atoms. The van der Waals surface area contributed by atoms with Crippen molar-refractivity contribution in [2.45, 2.75) is 6.42 Å². The molecule has 5 aromatic rings. The summed E-state index contributed by atoms with van der Waals surface area (Å²) in [6.07, 6.45) is 0.844. The number of thiophene rings is 1. The zero-order valence-electron chi connectivity index (χ0n) is 16.5. The number of rotatable bonds is 6. The number of fused-ring (bicyclic) bond motifs is 1. The minimum Gasteiger partial charge on any atom is -0.383 e.